The summed E-state index contributed by atoms with van der Waals surface area (Å²) in [6.07, 6.45) is 3.69. The molecule has 2 aliphatic heterocycles. The molecule has 3 rings (SSSR count). The maximum absolute atomic E-state index is 6.18. The molecule has 1 saturated heterocycles. The fraction of sp³-hybridized carbons (Fsp3) is 0.667. The van der Waals surface area contributed by atoms with Crippen molar-refractivity contribution in [3.8, 4) is 5.75 Å². The summed E-state index contributed by atoms with van der Waals surface area (Å²) >= 11 is 0. The molecule has 1 N–H and O–H groups in total. The van der Waals surface area contributed by atoms with Gasteiger partial charge < -0.3 is 15.0 Å². The van der Waals surface area contributed by atoms with Crippen LogP contribution in [0.3, 0.4) is 0 Å². The van der Waals surface area contributed by atoms with Crippen LogP contribution in [0, 0.1) is 5.92 Å². The number of nitrogens with one attached hydrogen (secondary N) is 1. The average Bonchev–Trinajstić information content (AvgIpc) is 2.75. The Hall–Kier alpha value is -1.06. The highest BCUT2D eigenvalue weighted by atomic mass is 16.5. The molecule has 0 saturated carbocycles. The third-order valence-corrected chi connectivity index (χ3v) is 4.58. The first-order chi connectivity index (χ1) is 10.0. The van der Waals surface area contributed by atoms with E-state index in [0.29, 0.717) is 0 Å². The second kappa shape index (κ2) is 5.98. The van der Waals surface area contributed by atoms with Gasteiger partial charge in [-0.2, -0.15) is 0 Å². The van der Waals surface area contributed by atoms with Crippen LogP contribution in [0.4, 0.5) is 0 Å². The summed E-state index contributed by atoms with van der Waals surface area (Å²) in [6.45, 7) is 8.86. The highest BCUT2D eigenvalue weighted by molar-refractivity contribution is 5.45. The number of piperidine rings is 1. The van der Waals surface area contributed by atoms with Gasteiger partial charge in [-0.05, 0) is 58.3 Å². The number of fused-ring (bicyclic) bond motifs is 1. The minimum Gasteiger partial charge on any atom is -0.487 e. The quantitative estimate of drug-likeness (QED) is 0.922. The number of nitrogens with zero attached hydrogens (tertiary/aromatic N) is 1. The van der Waals surface area contributed by atoms with E-state index in [9.17, 15) is 0 Å². The van der Waals surface area contributed by atoms with Crippen LogP contribution < -0.4 is 10.1 Å². The van der Waals surface area contributed by atoms with E-state index in [1.807, 2.05) is 0 Å². The molecule has 0 amide bonds. The molecule has 0 aromatic heterocycles. The van der Waals surface area contributed by atoms with Crippen LogP contribution in [0.25, 0.3) is 0 Å². The fourth-order valence-electron chi connectivity index (χ4n) is 3.68. The van der Waals surface area contributed by atoms with Crippen molar-refractivity contribution >= 4 is 0 Å². The van der Waals surface area contributed by atoms with Crippen molar-refractivity contribution in [1.29, 1.82) is 0 Å². The Morgan fingerprint density at radius 2 is 2.24 bits per heavy atom. The fourth-order valence-corrected chi connectivity index (χ4v) is 3.68. The van der Waals surface area contributed by atoms with E-state index in [1.165, 1.54) is 43.6 Å². The number of rotatable bonds is 4. The van der Waals surface area contributed by atoms with Gasteiger partial charge in [0, 0.05) is 25.1 Å². The first kappa shape index (κ1) is 14.9. The zero-order valence-corrected chi connectivity index (χ0v) is 13.6. The van der Waals surface area contributed by atoms with E-state index in [-0.39, 0.29) is 5.60 Å². The molecule has 21 heavy (non-hydrogen) atoms. The Morgan fingerprint density at radius 1 is 1.38 bits per heavy atom. The maximum atomic E-state index is 6.18. The third kappa shape index (κ3) is 3.58. The Morgan fingerprint density at radius 3 is 3.00 bits per heavy atom. The van der Waals surface area contributed by atoms with Crippen LogP contribution >= 0.6 is 0 Å². The van der Waals surface area contributed by atoms with Crippen LogP contribution in [-0.4, -0.2) is 37.2 Å². The molecule has 1 aromatic rings. The Balaban J connectivity index is 1.64. The summed E-state index contributed by atoms with van der Waals surface area (Å²) in [7, 11) is 2.23. The van der Waals surface area contributed by atoms with Crippen molar-refractivity contribution in [2.45, 2.75) is 45.3 Å². The molecular weight excluding hydrogens is 260 g/mol. The summed E-state index contributed by atoms with van der Waals surface area (Å²) in [5.41, 5.74) is 2.65. The first-order valence-corrected chi connectivity index (χ1v) is 8.22. The Bertz CT molecular complexity index is 492. The monoisotopic (exact) mass is 288 g/mol. The first-order valence-electron chi connectivity index (χ1n) is 8.22. The molecule has 0 aliphatic carbocycles. The molecule has 0 radical (unpaired) electrons. The molecule has 0 spiro atoms. The van der Waals surface area contributed by atoms with E-state index >= 15 is 0 Å². The highest BCUT2D eigenvalue weighted by Crippen LogP contribution is 2.38. The summed E-state index contributed by atoms with van der Waals surface area (Å²) in [4.78, 5) is 2.45. The van der Waals surface area contributed by atoms with Gasteiger partial charge in [-0.1, -0.05) is 18.2 Å². The third-order valence-electron chi connectivity index (χ3n) is 4.58. The lowest BCUT2D eigenvalue weighted by atomic mass is 9.98. The molecule has 3 nitrogen and oxygen atoms in total. The summed E-state index contributed by atoms with van der Waals surface area (Å²) in [6, 6.07) is 6.60. The normalized spacial score (nSPS) is 23.9. The highest BCUT2D eigenvalue weighted by Gasteiger charge is 2.31. The van der Waals surface area contributed by atoms with Gasteiger partial charge in [0.25, 0.3) is 0 Å². The number of hydrogen-bond donors (Lipinski definition) is 1. The zero-order valence-electron chi connectivity index (χ0n) is 13.6. The van der Waals surface area contributed by atoms with Gasteiger partial charge in [0.15, 0.2) is 0 Å². The molecule has 1 atom stereocenters. The van der Waals surface area contributed by atoms with E-state index in [0.717, 1.165) is 24.6 Å². The van der Waals surface area contributed by atoms with E-state index in [4.69, 9.17) is 4.74 Å². The molecule has 1 fully saturated rings. The second-order valence-electron chi connectivity index (χ2n) is 7.35. The van der Waals surface area contributed by atoms with Crippen molar-refractivity contribution in [2.24, 2.45) is 5.92 Å². The van der Waals surface area contributed by atoms with Crippen LogP contribution in [-0.2, 0) is 13.0 Å². The molecule has 1 aromatic carbocycles. The van der Waals surface area contributed by atoms with E-state index in [2.05, 4.69) is 49.3 Å². The predicted octanol–water partition coefficient (Wildman–Crippen LogP) is 2.83. The summed E-state index contributed by atoms with van der Waals surface area (Å²) < 4.78 is 6.18. The average molecular weight is 288 g/mol. The van der Waals surface area contributed by atoms with Crippen LogP contribution in [0.1, 0.15) is 37.8 Å². The summed E-state index contributed by atoms with van der Waals surface area (Å²) in [5.74, 6) is 1.92. The Kier molecular flexibility index (Phi) is 4.23. The minimum absolute atomic E-state index is 0.0513. The van der Waals surface area contributed by atoms with Gasteiger partial charge in [0.05, 0.1) is 0 Å². The molecular formula is C18H28N2O. The lowest BCUT2D eigenvalue weighted by Gasteiger charge is -2.28. The second-order valence-corrected chi connectivity index (χ2v) is 7.35. The molecule has 0 bridgehead atoms. The van der Waals surface area contributed by atoms with E-state index < -0.39 is 0 Å². The molecule has 3 heteroatoms. The smallest absolute Gasteiger partial charge is 0.127 e. The number of hydrogen-bond acceptors (Lipinski definition) is 3. The predicted molar refractivity (Wildman–Crippen MR) is 86.8 cm³/mol. The maximum Gasteiger partial charge on any atom is 0.127 e. The van der Waals surface area contributed by atoms with Gasteiger partial charge in [0.1, 0.15) is 11.4 Å². The number of ether oxygens (including phenoxy) is 1. The van der Waals surface area contributed by atoms with Crippen LogP contribution in [0.5, 0.6) is 5.75 Å². The lowest BCUT2D eigenvalue weighted by molar-refractivity contribution is 0.135. The number of para-hydroxylation sites is 1. The van der Waals surface area contributed by atoms with Gasteiger partial charge in [-0.3, -0.25) is 0 Å². The summed E-state index contributed by atoms with van der Waals surface area (Å²) in [5, 5.41) is 3.51. The Labute approximate surface area is 128 Å². The van der Waals surface area contributed by atoms with E-state index in [1.54, 1.807) is 0 Å². The molecule has 1 unspecified atom stereocenters. The van der Waals surface area contributed by atoms with Crippen molar-refractivity contribution in [2.75, 3.05) is 26.7 Å². The van der Waals surface area contributed by atoms with Crippen LogP contribution in [0.15, 0.2) is 18.2 Å². The minimum atomic E-state index is -0.0513. The van der Waals surface area contributed by atoms with Crippen molar-refractivity contribution in [3.05, 3.63) is 29.3 Å². The van der Waals surface area contributed by atoms with Crippen molar-refractivity contribution in [1.82, 2.24) is 10.2 Å². The SMILES string of the molecule is CN(Cc1cccc2c1OC(C)(C)C2)CC1CCCNC1. The van der Waals surface area contributed by atoms with Crippen molar-refractivity contribution < 1.29 is 4.74 Å². The largest absolute Gasteiger partial charge is 0.487 e. The van der Waals surface area contributed by atoms with Gasteiger partial charge >= 0.3 is 0 Å². The molecule has 2 aliphatic rings. The van der Waals surface area contributed by atoms with Gasteiger partial charge in [-0.15, -0.1) is 0 Å². The molecule has 116 valence electrons. The van der Waals surface area contributed by atoms with Gasteiger partial charge in [-0.25, -0.2) is 0 Å². The topological polar surface area (TPSA) is 24.5 Å². The lowest BCUT2D eigenvalue weighted by Crippen LogP contribution is -2.36. The molecule has 2 heterocycles. The zero-order chi connectivity index (χ0) is 14.9. The standard InChI is InChI=1S/C18H28N2O/c1-18(2)10-15-7-4-8-16(17(15)21-18)13-20(3)12-14-6-5-9-19-11-14/h4,7-8,14,19H,5-6,9-13H2,1-3H3. The van der Waals surface area contributed by atoms with Crippen LogP contribution in [0.2, 0.25) is 0 Å². The van der Waals surface area contributed by atoms with Crippen molar-refractivity contribution in [3.63, 3.8) is 0 Å². The van der Waals surface area contributed by atoms with Gasteiger partial charge in [0.2, 0.25) is 0 Å². The number of benzene rings is 1.